The minimum Gasteiger partial charge on any atom is -0.389 e. The monoisotopic (exact) mass is 309 g/mol. The van der Waals surface area contributed by atoms with Crippen LogP contribution < -0.4 is 5.32 Å². The van der Waals surface area contributed by atoms with Crippen molar-refractivity contribution in [3.8, 4) is 0 Å². The third-order valence-corrected chi connectivity index (χ3v) is 4.92. The Bertz CT molecular complexity index is 358. The second kappa shape index (κ2) is 8.94. The van der Waals surface area contributed by atoms with Gasteiger partial charge in [0.2, 0.25) is 0 Å². The van der Waals surface area contributed by atoms with Crippen molar-refractivity contribution in [1.82, 2.24) is 5.32 Å². The van der Waals surface area contributed by atoms with E-state index in [2.05, 4.69) is 5.32 Å². The van der Waals surface area contributed by atoms with E-state index in [0.29, 0.717) is 26.2 Å². The van der Waals surface area contributed by atoms with E-state index in [9.17, 15) is 13.5 Å². The molecule has 120 valence electrons. The summed E-state index contributed by atoms with van der Waals surface area (Å²) in [6, 6.07) is -0.0484. The van der Waals surface area contributed by atoms with Crippen LogP contribution in [0.25, 0.3) is 0 Å². The quantitative estimate of drug-likeness (QED) is 0.581. The summed E-state index contributed by atoms with van der Waals surface area (Å²) in [6.45, 7) is 5.46. The molecule has 1 saturated heterocycles. The number of hydrogen-bond acceptors (Lipinski definition) is 6. The van der Waals surface area contributed by atoms with E-state index in [1.165, 1.54) is 0 Å². The average Bonchev–Trinajstić information content (AvgIpc) is 2.34. The Morgan fingerprint density at radius 2 is 2.10 bits per heavy atom. The number of aliphatic hydroxyl groups is 1. The van der Waals surface area contributed by atoms with Crippen LogP contribution in [0.4, 0.5) is 0 Å². The molecule has 2 atom stereocenters. The molecule has 7 heteroatoms. The highest BCUT2D eigenvalue weighted by Gasteiger charge is 2.24. The van der Waals surface area contributed by atoms with Crippen molar-refractivity contribution in [2.45, 2.75) is 44.9 Å². The lowest BCUT2D eigenvalue weighted by molar-refractivity contribution is -0.0104. The van der Waals surface area contributed by atoms with Crippen LogP contribution in [-0.2, 0) is 19.3 Å². The van der Waals surface area contributed by atoms with E-state index in [1.807, 2.05) is 13.8 Å². The zero-order valence-corrected chi connectivity index (χ0v) is 13.2. The van der Waals surface area contributed by atoms with E-state index in [0.717, 1.165) is 6.42 Å². The van der Waals surface area contributed by atoms with E-state index in [-0.39, 0.29) is 30.3 Å². The van der Waals surface area contributed by atoms with Crippen molar-refractivity contribution < 1.29 is 23.0 Å². The Hall–Kier alpha value is -0.210. The fraction of sp³-hybridized carbons (Fsp3) is 1.00. The fourth-order valence-corrected chi connectivity index (χ4v) is 3.78. The smallest absolute Gasteiger partial charge is 0.151 e. The molecule has 20 heavy (non-hydrogen) atoms. The third kappa shape index (κ3) is 8.16. The van der Waals surface area contributed by atoms with Crippen LogP contribution in [0, 0.1) is 0 Å². The Kier molecular flexibility index (Phi) is 7.98. The summed E-state index contributed by atoms with van der Waals surface area (Å²) < 4.78 is 33.5. The fourth-order valence-electron chi connectivity index (χ4n) is 2.11. The lowest BCUT2D eigenvalue weighted by Crippen LogP contribution is -2.44. The van der Waals surface area contributed by atoms with Crippen molar-refractivity contribution in [1.29, 1.82) is 0 Å². The molecular weight excluding hydrogens is 282 g/mol. The maximum absolute atomic E-state index is 11.5. The molecule has 1 fully saturated rings. The summed E-state index contributed by atoms with van der Waals surface area (Å²) in [7, 11) is -2.90. The summed E-state index contributed by atoms with van der Waals surface area (Å²) in [4.78, 5) is 0. The zero-order chi connectivity index (χ0) is 15.0. The van der Waals surface area contributed by atoms with Crippen LogP contribution in [0.15, 0.2) is 0 Å². The molecule has 0 radical (unpaired) electrons. The molecule has 0 spiro atoms. The second-order valence-corrected chi connectivity index (χ2v) is 7.74. The van der Waals surface area contributed by atoms with Crippen molar-refractivity contribution in [2.75, 3.05) is 37.9 Å². The van der Waals surface area contributed by atoms with Gasteiger partial charge in [0.15, 0.2) is 9.84 Å². The molecule has 2 N–H and O–H groups in total. The van der Waals surface area contributed by atoms with E-state index in [1.54, 1.807) is 0 Å². The van der Waals surface area contributed by atoms with Crippen LogP contribution in [0.5, 0.6) is 0 Å². The van der Waals surface area contributed by atoms with Gasteiger partial charge < -0.3 is 19.9 Å². The minimum atomic E-state index is -2.90. The van der Waals surface area contributed by atoms with Crippen molar-refractivity contribution in [3.63, 3.8) is 0 Å². The summed E-state index contributed by atoms with van der Waals surface area (Å²) in [6.07, 6.45) is 1.09. The maximum Gasteiger partial charge on any atom is 0.151 e. The van der Waals surface area contributed by atoms with Gasteiger partial charge in [0.25, 0.3) is 0 Å². The highest BCUT2D eigenvalue weighted by molar-refractivity contribution is 7.91. The molecular formula is C13H27NO5S. The van der Waals surface area contributed by atoms with Gasteiger partial charge in [-0.3, -0.25) is 0 Å². The standard InChI is InChI=1S/C13H27NO5S/c1-11(2)19-6-5-18-9-13(15)8-14-12-4-3-7-20(16,17)10-12/h11-15H,3-10H2,1-2H3. The molecule has 0 aromatic heterocycles. The van der Waals surface area contributed by atoms with Crippen LogP contribution in [-0.4, -0.2) is 69.6 Å². The largest absolute Gasteiger partial charge is 0.389 e. The Morgan fingerprint density at radius 3 is 2.75 bits per heavy atom. The minimum absolute atomic E-state index is 0.0484. The van der Waals surface area contributed by atoms with E-state index >= 15 is 0 Å². The molecule has 6 nitrogen and oxygen atoms in total. The summed E-state index contributed by atoms with van der Waals surface area (Å²) in [5, 5.41) is 12.8. The third-order valence-electron chi connectivity index (χ3n) is 3.09. The molecule has 0 aliphatic carbocycles. The van der Waals surface area contributed by atoms with Gasteiger partial charge in [-0.15, -0.1) is 0 Å². The Balaban J connectivity index is 2.06. The van der Waals surface area contributed by atoms with Gasteiger partial charge in [-0.05, 0) is 26.7 Å². The van der Waals surface area contributed by atoms with Gasteiger partial charge in [0, 0.05) is 12.6 Å². The maximum atomic E-state index is 11.5. The molecule has 0 amide bonds. The first-order valence-corrected chi connectivity index (χ1v) is 9.02. The number of ether oxygens (including phenoxy) is 2. The first kappa shape index (κ1) is 17.8. The van der Waals surface area contributed by atoms with Gasteiger partial charge in [0.05, 0.1) is 43.5 Å². The number of nitrogens with one attached hydrogen (secondary N) is 1. The topological polar surface area (TPSA) is 84.9 Å². The normalized spacial score (nSPS) is 23.9. The molecule has 2 unspecified atom stereocenters. The molecule has 0 saturated carbocycles. The van der Waals surface area contributed by atoms with Crippen molar-refractivity contribution in [2.24, 2.45) is 0 Å². The number of aliphatic hydroxyl groups excluding tert-OH is 1. The van der Waals surface area contributed by atoms with Crippen LogP contribution in [0.2, 0.25) is 0 Å². The molecule has 1 rings (SSSR count). The SMILES string of the molecule is CC(C)OCCOCC(O)CNC1CCCS(=O)(=O)C1. The van der Waals surface area contributed by atoms with Crippen LogP contribution >= 0.6 is 0 Å². The van der Waals surface area contributed by atoms with Gasteiger partial charge >= 0.3 is 0 Å². The first-order valence-electron chi connectivity index (χ1n) is 7.20. The van der Waals surface area contributed by atoms with Crippen LogP contribution in [0.3, 0.4) is 0 Å². The summed E-state index contributed by atoms with van der Waals surface area (Å²) in [5.74, 6) is 0.454. The predicted octanol–water partition coefficient (Wildman–Crippen LogP) is -0.0443. The van der Waals surface area contributed by atoms with Gasteiger partial charge in [-0.1, -0.05) is 0 Å². The molecule has 0 aromatic carbocycles. The first-order chi connectivity index (χ1) is 9.39. The lowest BCUT2D eigenvalue weighted by Gasteiger charge is -2.24. The predicted molar refractivity (Wildman–Crippen MR) is 77.6 cm³/mol. The van der Waals surface area contributed by atoms with Gasteiger partial charge in [-0.25, -0.2) is 8.42 Å². The molecule has 0 bridgehead atoms. The van der Waals surface area contributed by atoms with E-state index < -0.39 is 15.9 Å². The van der Waals surface area contributed by atoms with Crippen molar-refractivity contribution >= 4 is 9.84 Å². The molecule has 1 aliphatic heterocycles. The number of rotatable bonds is 9. The summed E-state index contributed by atoms with van der Waals surface area (Å²) in [5.41, 5.74) is 0. The Morgan fingerprint density at radius 1 is 1.35 bits per heavy atom. The number of sulfone groups is 1. The molecule has 1 heterocycles. The second-order valence-electron chi connectivity index (χ2n) is 5.51. The van der Waals surface area contributed by atoms with Crippen LogP contribution in [0.1, 0.15) is 26.7 Å². The highest BCUT2D eigenvalue weighted by atomic mass is 32.2. The summed E-state index contributed by atoms with van der Waals surface area (Å²) >= 11 is 0. The van der Waals surface area contributed by atoms with Gasteiger partial charge in [0.1, 0.15) is 0 Å². The zero-order valence-electron chi connectivity index (χ0n) is 12.4. The van der Waals surface area contributed by atoms with Gasteiger partial charge in [-0.2, -0.15) is 0 Å². The van der Waals surface area contributed by atoms with Crippen molar-refractivity contribution in [3.05, 3.63) is 0 Å². The average molecular weight is 309 g/mol. The van der Waals surface area contributed by atoms with E-state index in [4.69, 9.17) is 9.47 Å². The number of hydrogen-bond donors (Lipinski definition) is 2. The Labute approximate surface area is 121 Å². The lowest BCUT2D eigenvalue weighted by atomic mass is 10.2. The highest BCUT2D eigenvalue weighted by Crippen LogP contribution is 2.11. The molecule has 1 aliphatic rings. The molecule has 0 aromatic rings.